The molecule has 4 N–H and O–H groups in total. The van der Waals surface area contributed by atoms with Crippen LogP contribution in [0.3, 0.4) is 0 Å². The van der Waals surface area contributed by atoms with Crippen molar-refractivity contribution in [2.75, 3.05) is 18.4 Å². The predicted molar refractivity (Wildman–Crippen MR) is 106 cm³/mol. The third kappa shape index (κ3) is 4.11. The van der Waals surface area contributed by atoms with E-state index in [1.807, 2.05) is 42.5 Å². The molecule has 6 nitrogen and oxygen atoms in total. The van der Waals surface area contributed by atoms with Gasteiger partial charge in [-0.2, -0.15) is 0 Å². The van der Waals surface area contributed by atoms with Gasteiger partial charge in [0.2, 0.25) is 5.95 Å². The average molecular weight is 364 g/mol. The van der Waals surface area contributed by atoms with Gasteiger partial charge in [0.05, 0.1) is 17.0 Å². The van der Waals surface area contributed by atoms with Crippen molar-refractivity contribution in [2.45, 2.75) is 19.4 Å². The summed E-state index contributed by atoms with van der Waals surface area (Å²) in [4.78, 5) is 19.5. The van der Waals surface area contributed by atoms with E-state index in [1.54, 1.807) is 0 Å². The van der Waals surface area contributed by atoms with Gasteiger partial charge >= 0.3 is 5.97 Å². The predicted octanol–water partition coefficient (Wildman–Crippen LogP) is 3.03. The second-order valence-electron chi connectivity index (χ2n) is 7.18. The van der Waals surface area contributed by atoms with E-state index >= 15 is 0 Å². The monoisotopic (exact) mass is 364 g/mol. The highest BCUT2D eigenvalue weighted by molar-refractivity contribution is 5.77. The average Bonchev–Trinajstić information content (AvgIpc) is 3.34. The number of fused-ring (bicyclic) bond motifs is 1. The van der Waals surface area contributed by atoms with Gasteiger partial charge in [-0.05, 0) is 55.1 Å². The second-order valence-corrected chi connectivity index (χ2v) is 7.18. The molecule has 4 rings (SSSR count). The van der Waals surface area contributed by atoms with Crippen LogP contribution in [0.25, 0.3) is 11.0 Å². The van der Waals surface area contributed by atoms with E-state index in [0.29, 0.717) is 13.0 Å². The fourth-order valence-electron chi connectivity index (χ4n) is 3.82. The van der Waals surface area contributed by atoms with Crippen LogP contribution >= 0.6 is 0 Å². The molecule has 2 atom stereocenters. The topological polar surface area (TPSA) is 90.0 Å². The number of hydrogen-bond donors (Lipinski definition) is 4. The zero-order valence-electron chi connectivity index (χ0n) is 15.1. The summed E-state index contributed by atoms with van der Waals surface area (Å²) in [5, 5.41) is 16.2. The smallest absolute Gasteiger partial charge is 0.307 e. The van der Waals surface area contributed by atoms with Crippen LogP contribution in [0.1, 0.15) is 17.5 Å². The van der Waals surface area contributed by atoms with Crippen LogP contribution in [0.5, 0.6) is 0 Å². The zero-order chi connectivity index (χ0) is 18.6. The van der Waals surface area contributed by atoms with Crippen LogP contribution in [-0.2, 0) is 17.8 Å². The minimum absolute atomic E-state index is 0.208. The van der Waals surface area contributed by atoms with Gasteiger partial charge in [0.25, 0.3) is 0 Å². The van der Waals surface area contributed by atoms with E-state index < -0.39 is 5.97 Å². The van der Waals surface area contributed by atoms with Crippen LogP contribution in [0.4, 0.5) is 5.95 Å². The SMILES string of the molecule is O=C(O)[C@@H](Cc1cccc(CNc2nc3ccccc3[nH]2)c1)[C@H]1CCNC1. The fourth-order valence-corrected chi connectivity index (χ4v) is 3.82. The summed E-state index contributed by atoms with van der Waals surface area (Å²) < 4.78 is 0. The molecule has 0 saturated carbocycles. The summed E-state index contributed by atoms with van der Waals surface area (Å²) in [7, 11) is 0. The van der Waals surface area contributed by atoms with Gasteiger partial charge in [0, 0.05) is 6.54 Å². The minimum atomic E-state index is -0.700. The Morgan fingerprint density at radius 1 is 1.22 bits per heavy atom. The molecule has 1 saturated heterocycles. The molecule has 0 spiro atoms. The number of para-hydroxylation sites is 2. The molecule has 3 aromatic rings. The summed E-state index contributed by atoms with van der Waals surface area (Å²) in [6.07, 6.45) is 1.50. The van der Waals surface area contributed by atoms with Crippen molar-refractivity contribution in [1.29, 1.82) is 0 Å². The number of benzene rings is 2. The van der Waals surface area contributed by atoms with Crippen molar-refractivity contribution in [2.24, 2.45) is 11.8 Å². The maximum atomic E-state index is 11.7. The lowest BCUT2D eigenvalue weighted by Crippen LogP contribution is -2.27. The molecule has 0 bridgehead atoms. The quantitative estimate of drug-likeness (QED) is 0.517. The second kappa shape index (κ2) is 7.80. The van der Waals surface area contributed by atoms with Crippen LogP contribution < -0.4 is 10.6 Å². The lowest BCUT2D eigenvalue weighted by molar-refractivity contribution is -0.143. The standard InChI is InChI=1S/C21H24N4O2/c26-20(27)17(16-8-9-22-13-16)11-14-4-3-5-15(10-14)12-23-21-24-18-6-1-2-7-19(18)25-21/h1-7,10,16-17,22H,8-9,11-13H2,(H,26,27)(H2,23,24,25)/t16-,17-/m0/s1. The number of aromatic nitrogens is 2. The van der Waals surface area contributed by atoms with E-state index in [-0.39, 0.29) is 11.8 Å². The Kier molecular flexibility index (Phi) is 5.07. The van der Waals surface area contributed by atoms with Crippen molar-refractivity contribution in [3.8, 4) is 0 Å². The van der Waals surface area contributed by atoms with Gasteiger partial charge in [-0.25, -0.2) is 4.98 Å². The first-order chi connectivity index (χ1) is 13.2. The molecule has 0 amide bonds. The Morgan fingerprint density at radius 3 is 2.85 bits per heavy atom. The zero-order valence-corrected chi connectivity index (χ0v) is 15.1. The number of imidazole rings is 1. The lowest BCUT2D eigenvalue weighted by atomic mass is 9.86. The summed E-state index contributed by atoms with van der Waals surface area (Å²) in [5.41, 5.74) is 4.12. The molecule has 1 aliphatic rings. The van der Waals surface area contributed by atoms with Gasteiger partial charge in [-0.15, -0.1) is 0 Å². The molecular weight excluding hydrogens is 340 g/mol. The Morgan fingerprint density at radius 2 is 2.07 bits per heavy atom. The van der Waals surface area contributed by atoms with Gasteiger partial charge in [-0.1, -0.05) is 36.4 Å². The molecular formula is C21H24N4O2. The van der Waals surface area contributed by atoms with E-state index in [4.69, 9.17) is 0 Å². The molecule has 0 radical (unpaired) electrons. The van der Waals surface area contributed by atoms with E-state index in [9.17, 15) is 9.90 Å². The molecule has 140 valence electrons. The maximum Gasteiger partial charge on any atom is 0.307 e. The number of carboxylic acids is 1. The molecule has 1 aromatic heterocycles. The van der Waals surface area contributed by atoms with Gasteiger partial charge in [0.1, 0.15) is 0 Å². The number of hydrogen-bond acceptors (Lipinski definition) is 4. The van der Waals surface area contributed by atoms with Gasteiger partial charge in [-0.3, -0.25) is 4.79 Å². The Labute approximate surface area is 158 Å². The largest absolute Gasteiger partial charge is 0.481 e. The molecule has 2 aromatic carbocycles. The first-order valence-corrected chi connectivity index (χ1v) is 9.39. The highest BCUT2D eigenvalue weighted by Crippen LogP contribution is 2.24. The molecule has 0 aliphatic carbocycles. The van der Waals surface area contributed by atoms with Gasteiger partial charge < -0.3 is 20.7 Å². The summed E-state index contributed by atoms with van der Waals surface area (Å²) in [6, 6.07) is 16.1. The van der Waals surface area contributed by atoms with Crippen LogP contribution in [0.2, 0.25) is 0 Å². The number of nitrogens with zero attached hydrogens (tertiary/aromatic N) is 1. The number of H-pyrrole nitrogens is 1. The van der Waals surface area contributed by atoms with Crippen molar-refractivity contribution < 1.29 is 9.90 Å². The Balaban J connectivity index is 1.42. The van der Waals surface area contributed by atoms with Crippen molar-refractivity contribution in [1.82, 2.24) is 15.3 Å². The normalized spacial score (nSPS) is 17.9. The number of nitrogens with one attached hydrogen (secondary N) is 3. The third-order valence-electron chi connectivity index (χ3n) is 5.28. The molecule has 1 aliphatic heterocycles. The summed E-state index contributed by atoms with van der Waals surface area (Å²) in [5.74, 6) is -0.0880. The molecule has 2 heterocycles. The number of aliphatic carboxylic acids is 1. The Bertz CT molecular complexity index is 898. The third-order valence-corrected chi connectivity index (χ3v) is 5.28. The van der Waals surface area contributed by atoms with Crippen LogP contribution in [0, 0.1) is 11.8 Å². The number of anilines is 1. The van der Waals surface area contributed by atoms with E-state index in [0.717, 1.165) is 47.6 Å². The maximum absolute atomic E-state index is 11.7. The number of aromatic amines is 1. The van der Waals surface area contributed by atoms with Gasteiger partial charge in [0.15, 0.2) is 0 Å². The first-order valence-electron chi connectivity index (χ1n) is 9.39. The first kappa shape index (κ1) is 17.5. The van der Waals surface area contributed by atoms with E-state index in [2.05, 4.69) is 26.7 Å². The molecule has 27 heavy (non-hydrogen) atoms. The highest BCUT2D eigenvalue weighted by atomic mass is 16.4. The van der Waals surface area contributed by atoms with E-state index in [1.165, 1.54) is 0 Å². The molecule has 0 unspecified atom stereocenters. The molecule has 1 fully saturated rings. The van der Waals surface area contributed by atoms with Crippen molar-refractivity contribution in [3.63, 3.8) is 0 Å². The number of rotatable bonds is 7. The fraction of sp³-hybridized carbons (Fsp3) is 0.333. The minimum Gasteiger partial charge on any atom is -0.481 e. The number of carboxylic acid groups (broad SMARTS) is 1. The van der Waals surface area contributed by atoms with Crippen molar-refractivity contribution >= 4 is 23.0 Å². The highest BCUT2D eigenvalue weighted by Gasteiger charge is 2.30. The van der Waals surface area contributed by atoms with Crippen LogP contribution in [-0.4, -0.2) is 34.1 Å². The van der Waals surface area contributed by atoms with Crippen LogP contribution in [0.15, 0.2) is 48.5 Å². The lowest BCUT2D eigenvalue weighted by Gasteiger charge is -2.19. The summed E-state index contributed by atoms with van der Waals surface area (Å²) in [6.45, 7) is 2.34. The number of carbonyl (C=O) groups is 1. The molecule has 6 heteroatoms. The summed E-state index contributed by atoms with van der Waals surface area (Å²) >= 11 is 0. The Hall–Kier alpha value is -2.86. The van der Waals surface area contributed by atoms with Crippen molar-refractivity contribution in [3.05, 3.63) is 59.7 Å².